The summed E-state index contributed by atoms with van der Waals surface area (Å²) in [6, 6.07) is 7.98. The highest BCUT2D eigenvalue weighted by atomic mass is 79.9. The Morgan fingerprint density at radius 1 is 1.31 bits per heavy atom. The van der Waals surface area contributed by atoms with Crippen molar-refractivity contribution in [3.05, 3.63) is 68.0 Å². The number of aromatic nitrogens is 1. The second-order valence-corrected chi connectivity index (χ2v) is 7.29. The number of aryl methyl sites for hydroxylation is 1. The van der Waals surface area contributed by atoms with E-state index in [1.165, 1.54) is 11.3 Å². The van der Waals surface area contributed by atoms with E-state index in [1.54, 1.807) is 0 Å². The fraction of sp³-hybridized carbons (Fsp3) is 0.111. The van der Waals surface area contributed by atoms with Gasteiger partial charge in [0, 0.05) is 15.4 Å². The Labute approximate surface area is 160 Å². The number of hydrogen-bond donors (Lipinski definition) is 1. The molecule has 3 rings (SSSR count). The van der Waals surface area contributed by atoms with Crippen LogP contribution in [0.2, 0.25) is 0 Å². The molecule has 0 saturated carbocycles. The fourth-order valence-electron chi connectivity index (χ4n) is 2.35. The van der Waals surface area contributed by atoms with Crippen LogP contribution in [0.15, 0.2) is 40.2 Å². The van der Waals surface area contributed by atoms with Gasteiger partial charge >= 0.3 is 0 Å². The molecule has 0 radical (unpaired) electrons. The number of primary amides is 1. The van der Waals surface area contributed by atoms with Crippen molar-refractivity contribution in [3.63, 3.8) is 0 Å². The summed E-state index contributed by atoms with van der Waals surface area (Å²) in [5.74, 6) is -3.58. The van der Waals surface area contributed by atoms with Crippen LogP contribution in [0, 0.1) is 18.6 Å². The van der Waals surface area contributed by atoms with Crippen molar-refractivity contribution < 1.29 is 18.3 Å². The van der Waals surface area contributed by atoms with Crippen LogP contribution in [0.25, 0.3) is 11.3 Å². The van der Waals surface area contributed by atoms with E-state index in [9.17, 15) is 13.6 Å². The van der Waals surface area contributed by atoms with Crippen LogP contribution in [-0.4, -0.2) is 10.9 Å². The predicted octanol–water partition coefficient (Wildman–Crippen LogP) is 4.84. The Kier molecular flexibility index (Phi) is 5.33. The molecule has 4 nitrogen and oxygen atoms in total. The summed E-state index contributed by atoms with van der Waals surface area (Å²) in [5, 5.41) is 2.48. The molecule has 2 N–H and O–H groups in total. The molecule has 0 aliphatic heterocycles. The van der Waals surface area contributed by atoms with Gasteiger partial charge in [-0.2, -0.15) is 0 Å². The normalized spacial score (nSPS) is 10.8. The lowest BCUT2D eigenvalue weighted by atomic mass is 10.1. The Hall–Kier alpha value is -2.32. The number of nitrogens with zero attached hydrogens (tertiary/aromatic N) is 1. The summed E-state index contributed by atoms with van der Waals surface area (Å²) in [6.07, 6.45) is 0. The molecule has 0 saturated heterocycles. The van der Waals surface area contributed by atoms with Crippen LogP contribution in [0.4, 0.5) is 8.78 Å². The molecule has 26 heavy (non-hydrogen) atoms. The zero-order chi connectivity index (χ0) is 18.8. The first-order chi connectivity index (χ1) is 12.4. The van der Waals surface area contributed by atoms with Gasteiger partial charge in [-0.3, -0.25) is 4.79 Å². The van der Waals surface area contributed by atoms with E-state index in [4.69, 9.17) is 10.5 Å². The zero-order valence-corrected chi connectivity index (χ0v) is 16.0. The van der Waals surface area contributed by atoms with Crippen molar-refractivity contribution in [2.24, 2.45) is 5.73 Å². The number of halogens is 3. The van der Waals surface area contributed by atoms with Gasteiger partial charge in [0.2, 0.25) is 0 Å². The first-order valence-electron chi connectivity index (χ1n) is 7.48. The molecular weight excluding hydrogens is 426 g/mol. The highest BCUT2D eigenvalue weighted by Gasteiger charge is 2.19. The lowest BCUT2D eigenvalue weighted by molar-refractivity contribution is 0.0991. The van der Waals surface area contributed by atoms with E-state index in [0.29, 0.717) is 5.01 Å². The standard InChI is InChI=1S/C18H13BrF2N2O2S/c1-9-2-3-11(19)10(6-9)13-8-26-15(23-13)7-25-14-5-4-12(20)16(17(14)21)18(22)24/h2-6,8H,7H2,1H3,(H2,22,24). The molecule has 0 atom stereocenters. The fourth-order valence-corrected chi connectivity index (χ4v) is 3.50. The molecular formula is C18H13BrF2N2O2S. The van der Waals surface area contributed by atoms with Crippen molar-refractivity contribution in [1.29, 1.82) is 0 Å². The molecule has 0 fully saturated rings. The number of benzene rings is 2. The van der Waals surface area contributed by atoms with Gasteiger partial charge in [0.1, 0.15) is 23.0 Å². The third-order valence-electron chi connectivity index (χ3n) is 3.60. The minimum Gasteiger partial charge on any atom is -0.483 e. The van der Waals surface area contributed by atoms with Gasteiger partial charge in [-0.05, 0) is 31.2 Å². The van der Waals surface area contributed by atoms with Crippen LogP contribution in [0.3, 0.4) is 0 Å². The summed E-state index contributed by atoms with van der Waals surface area (Å²) < 4.78 is 33.9. The molecule has 0 aliphatic rings. The average molecular weight is 439 g/mol. The Morgan fingerprint density at radius 3 is 2.81 bits per heavy atom. The molecule has 3 aromatic rings. The maximum absolute atomic E-state index is 14.2. The van der Waals surface area contributed by atoms with Crippen LogP contribution in [-0.2, 0) is 6.61 Å². The lowest BCUT2D eigenvalue weighted by Crippen LogP contribution is -2.16. The zero-order valence-electron chi connectivity index (χ0n) is 13.6. The third kappa shape index (κ3) is 3.76. The highest BCUT2D eigenvalue weighted by Crippen LogP contribution is 2.31. The summed E-state index contributed by atoms with van der Waals surface area (Å²) in [6.45, 7) is 1.97. The Bertz CT molecular complexity index is 991. The van der Waals surface area contributed by atoms with Crippen LogP contribution in [0.1, 0.15) is 20.9 Å². The van der Waals surface area contributed by atoms with Crippen molar-refractivity contribution in [3.8, 4) is 17.0 Å². The number of ether oxygens (including phenoxy) is 1. The summed E-state index contributed by atoms with van der Waals surface area (Å²) in [5.41, 5.74) is 6.99. The molecule has 0 spiro atoms. The molecule has 2 aromatic carbocycles. The number of rotatable bonds is 5. The van der Waals surface area contributed by atoms with Crippen LogP contribution < -0.4 is 10.5 Å². The van der Waals surface area contributed by atoms with Gasteiger partial charge in [0.05, 0.1) is 5.69 Å². The summed E-state index contributed by atoms with van der Waals surface area (Å²) >= 11 is 4.85. The van der Waals surface area contributed by atoms with Crippen molar-refractivity contribution >= 4 is 33.2 Å². The third-order valence-corrected chi connectivity index (χ3v) is 5.12. The quantitative estimate of drug-likeness (QED) is 0.619. The van der Waals surface area contributed by atoms with Gasteiger partial charge in [-0.25, -0.2) is 13.8 Å². The van der Waals surface area contributed by atoms with Crippen molar-refractivity contribution in [2.75, 3.05) is 0 Å². The number of amides is 1. The van der Waals surface area contributed by atoms with E-state index < -0.39 is 23.1 Å². The van der Waals surface area contributed by atoms with E-state index in [2.05, 4.69) is 20.9 Å². The van der Waals surface area contributed by atoms with Crippen LogP contribution >= 0.6 is 27.3 Å². The summed E-state index contributed by atoms with van der Waals surface area (Å²) in [7, 11) is 0. The number of carbonyl (C=O) groups excluding carboxylic acids is 1. The van der Waals surface area contributed by atoms with Gasteiger partial charge in [0.15, 0.2) is 11.6 Å². The maximum atomic E-state index is 14.2. The van der Waals surface area contributed by atoms with E-state index in [-0.39, 0.29) is 12.4 Å². The van der Waals surface area contributed by atoms with Crippen molar-refractivity contribution in [1.82, 2.24) is 4.98 Å². The molecule has 1 aromatic heterocycles. The number of carbonyl (C=O) groups is 1. The van der Waals surface area contributed by atoms with E-state index in [0.717, 1.165) is 33.4 Å². The molecule has 0 unspecified atom stereocenters. The highest BCUT2D eigenvalue weighted by molar-refractivity contribution is 9.10. The van der Waals surface area contributed by atoms with Crippen molar-refractivity contribution in [2.45, 2.75) is 13.5 Å². The number of hydrogen-bond acceptors (Lipinski definition) is 4. The van der Waals surface area contributed by atoms with E-state index in [1.807, 2.05) is 30.5 Å². The molecule has 0 aliphatic carbocycles. The van der Waals surface area contributed by atoms with Gasteiger partial charge in [-0.1, -0.05) is 27.6 Å². The van der Waals surface area contributed by atoms with Gasteiger partial charge in [0.25, 0.3) is 5.91 Å². The minimum absolute atomic E-state index is 0.0190. The first-order valence-corrected chi connectivity index (χ1v) is 9.15. The van der Waals surface area contributed by atoms with Gasteiger partial charge in [-0.15, -0.1) is 11.3 Å². The van der Waals surface area contributed by atoms with E-state index >= 15 is 0 Å². The van der Waals surface area contributed by atoms with Crippen LogP contribution in [0.5, 0.6) is 5.75 Å². The average Bonchev–Trinajstić information content (AvgIpc) is 3.05. The minimum atomic E-state index is -1.19. The SMILES string of the molecule is Cc1ccc(Br)c(-c2csc(COc3ccc(F)c(C(N)=O)c3F)n2)c1. The Morgan fingerprint density at radius 2 is 2.08 bits per heavy atom. The summed E-state index contributed by atoms with van der Waals surface area (Å²) in [4.78, 5) is 15.6. The monoisotopic (exact) mass is 438 g/mol. The smallest absolute Gasteiger partial charge is 0.254 e. The topological polar surface area (TPSA) is 65.2 Å². The molecule has 1 amide bonds. The molecule has 8 heteroatoms. The predicted molar refractivity (Wildman–Crippen MR) is 99.2 cm³/mol. The number of thiazole rings is 1. The largest absolute Gasteiger partial charge is 0.483 e. The number of nitrogens with two attached hydrogens (primary N) is 1. The Balaban J connectivity index is 1.80. The molecule has 134 valence electrons. The second kappa shape index (κ2) is 7.51. The molecule has 0 bridgehead atoms. The second-order valence-electron chi connectivity index (χ2n) is 5.50. The maximum Gasteiger partial charge on any atom is 0.254 e. The first kappa shape index (κ1) is 18.5. The van der Waals surface area contributed by atoms with Gasteiger partial charge < -0.3 is 10.5 Å². The molecule has 1 heterocycles. The lowest BCUT2D eigenvalue weighted by Gasteiger charge is -2.08.